The first-order valence-corrected chi connectivity index (χ1v) is 12.6. The van der Waals surface area contributed by atoms with E-state index >= 15 is 0 Å². The van der Waals surface area contributed by atoms with Gasteiger partial charge >= 0.3 is 0 Å². The molecule has 1 saturated heterocycles. The number of carbonyl (C=O) groups is 1. The number of carbonyl (C=O) groups excluding carboxylic acids is 1. The second-order valence-corrected chi connectivity index (χ2v) is 10.5. The molecule has 31 heavy (non-hydrogen) atoms. The van der Waals surface area contributed by atoms with Crippen molar-refractivity contribution in [2.75, 3.05) is 25.2 Å². The van der Waals surface area contributed by atoms with Crippen LogP contribution in [0.4, 0.5) is 5.69 Å². The van der Waals surface area contributed by atoms with Crippen molar-refractivity contribution in [2.45, 2.75) is 83.5 Å². The Morgan fingerprint density at radius 2 is 1.84 bits per heavy atom. The lowest BCUT2D eigenvalue weighted by atomic mass is 9.81. The molecule has 3 aliphatic rings. The van der Waals surface area contributed by atoms with Crippen LogP contribution in [0.15, 0.2) is 6.07 Å². The van der Waals surface area contributed by atoms with Gasteiger partial charge in [0.2, 0.25) is 11.8 Å². The Balaban J connectivity index is 1.64. The maximum atomic E-state index is 13.9. The number of hydrogen-bond donors (Lipinski definition) is 1. The van der Waals surface area contributed by atoms with Gasteiger partial charge in [0.05, 0.1) is 26.0 Å². The number of rotatable bonds is 5. The van der Waals surface area contributed by atoms with Crippen LogP contribution in [0.5, 0.6) is 0 Å². The minimum atomic E-state index is -0.448. The molecule has 1 aromatic heterocycles. The molecule has 1 spiro atoms. The van der Waals surface area contributed by atoms with Crippen LogP contribution in [-0.2, 0) is 25.4 Å². The van der Waals surface area contributed by atoms with Crippen LogP contribution in [-0.4, -0.2) is 44.0 Å². The Hall–Kier alpha value is -1.44. The van der Waals surface area contributed by atoms with Crippen molar-refractivity contribution in [3.63, 3.8) is 0 Å². The molecule has 3 fully saturated rings. The van der Waals surface area contributed by atoms with Crippen LogP contribution >= 0.6 is 11.3 Å². The molecule has 2 saturated carbocycles. The molecule has 1 aromatic rings. The lowest BCUT2D eigenvalue weighted by molar-refractivity contribution is -0.179. The molecule has 172 valence electrons. The summed E-state index contributed by atoms with van der Waals surface area (Å²) in [5.41, 5.74) is 0.867. The van der Waals surface area contributed by atoms with Crippen LogP contribution in [0, 0.1) is 17.2 Å². The minimum Gasteiger partial charge on any atom is -0.480 e. The molecule has 0 radical (unpaired) electrons. The summed E-state index contributed by atoms with van der Waals surface area (Å²) in [5, 5.41) is 8.37. The highest BCUT2D eigenvalue weighted by atomic mass is 32.1. The highest BCUT2D eigenvalue weighted by Crippen LogP contribution is 2.42. The summed E-state index contributed by atoms with van der Waals surface area (Å²) >= 11 is 1.57. The highest BCUT2D eigenvalue weighted by molar-refractivity contribution is 7.14. The molecular formula is C24H36N2O4S. The van der Waals surface area contributed by atoms with E-state index in [9.17, 15) is 4.79 Å². The second kappa shape index (κ2) is 9.59. The van der Waals surface area contributed by atoms with Crippen molar-refractivity contribution in [1.29, 1.82) is 5.41 Å². The predicted molar refractivity (Wildman–Crippen MR) is 123 cm³/mol. The first-order valence-electron chi connectivity index (χ1n) is 11.8. The van der Waals surface area contributed by atoms with Crippen molar-refractivity contribution in [3.05, 3.63) is 15.8 Å². The Morgan fingerprint density at radius 3 is 2.42 bits per heavy atom. The second-order valence-electron chi connectivity index (χ2n) is 9.32. The summed E-state index contributed by atoms with van der Waals surface area (Å²) in [6.45, 7) is 5.72. The summed E-state index contributed by atoms with van der Waals surface area (Å²) in [6.07, 6.45) is 8.36. The van der Waals surface area contributed by atoms with Crippen LogP contribution in [0.2, 0.25) is 0 Å². The Bertz CT molecular complexity index is 783. The third kappa shape index (κ3) is 4.69. The number of thiophene rings is 1. The summed E-state index contributed by atoms with van der Waals surface area (Å²) < 4.78 is 17.2. The zero-order valence-electron chi connectivity index (χ0n) is 19.1. The van der Waals surface area contributed by atoms with Crippen LogP contribution in [0.3, 0.4) is 0 Å². The monoisotopic (exact) mass is 448 g/mol. The SMILES string of the molecule is CCc1cc(N(C(=O)C2CCC(C)CC2)C2CCC3(CC2)OCCO3)c(C(=N)OC)s1. The number of nitrogens with one attached hydrogen (secondary N) is 1. The Morgan fingerprint density at radius 1 is 1.19 bits per heavy atom. The van der Waals surface area contributed by atoms with E-state index in [4.69, 9.17) is 19.6 Å². The molecule has 4 rings (SSSR count). The largest absolute Gasteiger partial charge is 0.480 e. The fourth-order valence-electron chi connectivity index (χ4n) is 5.32. The third-order valence-corrected chi connectivity index (χ3v) is 8.55. The predicted octanol–water partition coefficient (Wildman–Crippen LogP) is 5.13. The van der Waals surface area contributed by atoms with E-state index in [1.807, 2.05) is 4.90 Å². The normalized spacial score (nSPS) is 26.2. The first-order chi connectivity index (χ1) is 15.0. The topological polar surface area (TPSA) is 71.9 Å². The number of nitrogens with zero attached hydrogens (tertiary/aromatic N) is 1. The van der Waals surface area contributed by atoms with E-state index in [1.165, 1.54) is 12.0 Å². The molecule has 0 bridgehead atoms. The standard InChI is InChI=1S/C24H36N2O4S/c1-4-19-15-20(21(31-19)22(25)28-3)26(23(27)17-7-5-16(2)6-8-17)18-9-11-24(12-10-18)29-13-14-30-24/h15-18,25H,4-14H2,1-3H3. The van der Waals surface area contributed by atoms with E-state index in [0.717, 1.165) is 68.4 Å². The number of hydrogen-bond acceptors (Lipinski definition) is 6. The van der Waals surface area contributed by atoms with Gasteiger partial charge in [-0.2, -0.15) is 0 Å². The van der Waals surface area contributed by atoms with Crippen molar-refractivity contribution in [1.82, 2.24) is 0 Å². The minimum absolute atomic E-state index is 0.0700. The van der Waals surface area contributed by atoms with E-state index in [0.29, 0.717) is 19.1 Å². The zero-order chi connectivity index (χ0) is 22.0. The number of aryl methyl sites for hydroxylation is 1. The molecule has 1 aliphatic heterocycles. The van der Waals surface area contributed by atoms with Gasteiger partial charge in [-0.15, -0.1) is 11.3 Å². The van der Waals surface area contributed by atoms with E-state index in [1.54, 1.807) is 11.3 Å². The van der Waals surface area contributed by atoms with Gasteiger partial charge in [0.25, 0.3) is 0 Å². The Labute approximate surface area is 189 Å². The lowest BCUT2D eigenvalue weighted by Gasteiger charge is -2.42. The molecule has 1 amide bonds. The molecule has 6 nitrogen and oxygen atoms in total. The van der Waals surface area contributed by atoms with E-state index in [2.05, 4.69) is 19.9 Å². The van der Waals surface area contributed by atoms with Gasteiger partial charge in [0, 0.05) is 29.7 Å². The van der Waals surface area contributed by atoms with Gasteiger partial charge in [-0.25, -0.2) is 0 Å². The summed E-state index contributed by atoms with van der Waals surface area (Å²) in [4.78, 5) is 17.9. The zero-order valence-corrected chi connectivity index (χ0v) is 19.9. The molecule has 2 aliphatic carbocycles. The maximum absolute atomic E-state index is 13.9. The average Bonchev–Trinajstić information content (AvgIpc) is 3.43. The fraction of sp³-hybridized carbons (Fsp3) is 0.750. The molecule has 2 heterocycles. The number of anilines is 1. The van der Waals surface area contributed by atoms with Gasteiger partial charge in [0.1, 0.15) is 4.88 Å². The van der Waals surface area contributed by atoms with Crippen LogP contribution < -0.4 is 4.90 Å². The molecule has 0 atom stereocenters. The first kappa shape index (κ1) is 22.7. The summed E-state index contributed by atoms with van der Waals surface area (Å²) in [5.74, 6) is 0.696. The molecule has 7 heteroatoms. The van der Waals surface area contributed by atoms with Crippen molar-refractivity contribution in [2.24, 2.45) is 11.8 Å². The van der Waals surface area contributed by atoms with Crippen molar-refractivity contribution in [3.8, 4) is 0 Å². The lowest BCUT2D eigenvalue weighted by Crippen LogP contribution is -2.49. The quantitative estimate of drug-likeness (QED) is 0.501. The van der Waals surface area contributed by atoms with E-state index in [-0.39, 0.29) is 23.8 Å². The van der Waals surface area contributed by atoms with E-state index < -0.39 is 5.79 Å². The van der Waals surface area contributed by atoms with Crippen molar-refractivity contribution < 1.29 is 19.0 Å². The van der Waals surface area contributed by atoms with Gasteiger partial charge in [0.15, 0.2) is 5.79 Å². The number of methoxy groups -OCH3 is 1. The fourth-order valence-corrected chi connectivity index (χ4v) is 6.34. The van der Waals surface area contributed by atoms with Gasteiger partial charge < -0.3 is 19.1 Å². The van der Waals surface area contributed by atoms with Gasteiger partial charge in [-0.05, 0) is 56.9 Å². The number of amides is 1. The molecule has 0 aromatic carbocycles. The third-order valence-electron chi connectivity index (χ3n) is 7.28. The van der Waals surface area contributed by atoms with Crippen LogP contribution in [0.1, 0.15) is 75.0 Å². The maximum Gasteiger partial charge on any atom is 0.230 e. The van der Waals surface area contributed by atoms with Gasteiger partial charge in [-0.1, -0.05) is 13.8 Å². The molecular weight excluding hydrogens is 412 g/mol. The van der Waals surface area contributed by atoms with Crippen LogP contribution in [0.25, 0.3) is 0 Å². The smallest absolute Gasteiger partial charge is 0.230 e. The highest BCUT2D eigenvalue weighted by Gasteiger charge is 2.44. The summed E-state index contributed by atoms with van der Waals surface area (Å²) in [6, 6.07) is 2.22. The molecule has 0 unspecified atom stereocenters. The number of ether oxygens (including phenoxy) is 3. The molecule has 1 N–H and O–H groups in total. The average molecular weight is 449 g/mol. The Kier molecular flexibility index (Phi) is 7.04. The summed E-state index contributed by atoms with van der Waals surface area (Å²) in [7, 11) is 1.53. The van der Waals surface area contributed by atoms with Gasteiger partial charge in [-0.3, -0.25) is 10.2 Å². The van der Waals surface area contributed by atoms with Crippen molar-refractivity contribution >= 4 is 28.8 Å².